The quantitative estimate of drug-likeness (QED) is 0.301. The SMILES string of the molecule is COC(=O)c1ccc2c(C(=Nc3ccc(N(C)C(=O)CN)cc3)c3ccccc3)c(O)[nH]c2c1. The van der Waals surface area contributed by atoms with Crippen molar-refractivity contribution in [2.24, 2.45) is 10.7 Å². The Morgan fingerprint density at radius 2 is 1.74 bits per heavy atom. The molecule has 0 saturated carbocycles. The van der Waals surface area contributed by atoms with E-state index in [0.29, 0.717) is 39.1 Å². The van der Waals surface area contributed by atoms with Crippen LogP contribution >= 0.6 is 0 Å². The molecule has 0 aliphatic heterocycles. The summed E-state index contributed by atoms with van der Waals surface area (Å²) in [5.74, 6) is -0.728. The fourth-order valence-corrected chi connectivity index (χ4v) is 3.69. The Morgan fingerprint density at radius 1 is 1.03 bits per heavy atom. The van der Waals surface area contributed by atoms with Crippen LogP contribution in [0.1, 0.15) is 21.5 Å². The summed E-state index contributed by atoms with van der Waals surface area (Å²) in [6.07, 6.45) is 0. The van der Waals surface area contributed by atoms with E-state index >= 15 is 0 Å². The molecule has 4 N–H and O–H groups in total. The van der Waals surface area contributed by atoms with Crippen LogP contribution in [0, 0.1) is 0 Å². The summed E-state index contributed by atoms with van der Waals surface area (Å²) in [5.41, 5.74) is 9.59. The number of amides is 1. The van der Waals surface area contributed by atoms with Crippen molar-refractivity contribution in [1.82, 2.24) is 4.98 Å². The Hall–Kier alpha value is -4.43. The number of fused-ring (bicyclic) bond motifs is 1. The molecule has 0 bridgehead atoms. The maximum Gasteiger partial charge on any atom is 0.337 e. The molecular formula is C26H24N4O4. The number of carbonyl (C=O) groups is 2. The van der Waals surface area contributed by atoms with Crippen molar-refractivity contribution < 1.29 is 19.4 Å². The standard InChI is InChI=1S/C26H24N4O4/c1-30(22(31)15-27)19-11-9-18(10-12-19)28-24(16-6-4-3-5-7-16)23-20-13-8-17(26(33)34-2)14-21(20)29-25(23)32/h3-14,29,32H,15,27H2,1-2H3. The molecule has 8 nitrogen and oxygen atoms in total. The van der Waals surface area contributed by atoms with Gasteiger partial charge in [0.2, 0.25) is 5.91 Å². The molecule has 172 valence electrons. The second-order valence-corrected chi connectivity index (χ2v) is 7.60. The number of nitrogens with one attached hydrogen (secondary N) is 1. The predicted octanol–water partition coefficient (Wildman–Crippen LogP) is 3.75. The van der Waals surface area contributed by atoms with Crippen LogP contribution in [0.2, 0.25) is 0 Å². The lowest BCUT2D eigenvalue weighted by molar-refractivity contribution is -0.117. The van der Waals surface area contributed by atoms with Gasteiger partial charge in [0.05, 0.1) is 36.2 Å². The monoisotopic (exact) mass is 456 g/mol. The second kappa shape index (κ2) is 9.60. The van der Waals surface area contributed by atoms with Gasteiger partial charge in [-0.2, -0.15) is 0 Å². The first-order valence-corrected chi connectivity index (χ1v) is 10.6. The molecule has 0 saturated heterocycles. The number of nitrogens with zero attached hydrogens (tertiary/aromatic N) is 2. The van der Waals surface area contributed by atoms with Gasteiger partial charge in [0.15, 0.2) is 5.88 Å². The molecule has 0 atom stereocenters. The topological polar surface area (TPSA) is 121 Å². The number of esters is 1. The number of aromatic hydroxyl groups is 1. The summed E-state index contributed by atoms with van der Waals surface area (Å²) >= 11 is 0. The summed E-state index contributed by atoms with van der Waals surface area (Å²) in [5, 5.41) is 11.5. The fraction of sp³-hybridized carbons (Fsp3) is 0.115. The van der Waals surface area contributed by atoms with Gasteiger partial charge in [0.1, 0.15) is 0 Å². The number of aromatic amines is 1. The molecule has 0 unspecified atom stereocenters. The summed E-state index contributed by atoms with van der Waals surface area (Å²) in [7, 11) is 2.98. The lowest BCUT2D eigenvalue weighted by atomic mass is 10.00. The Balaban J connectivity index is 1.83. The number of aromatic nitrogens is 1. The van der Waals surface area contributed by atoms with Crippen molar-refractivity contribution in [3.8, 4) is 5.88 Å². The molecule has 1 aromatic heterocycles. The fourth-order valence-electron chi connectivity index (χ4n) is 3.69. The van der Waals surface area contributed by atoms with Crippen LogP contribution in [-0.4, -0.2) is 48.4 Å². The zero-order valence-corrected chi connectivity index (χ0v) is 18.8. The van der Waals surface area contributed by atoms with Crippen LogP contribution < -0.4 is 10.6 Å². The smallest absolute Gasteiger partial charge is 0.337 e. The van der Waals surface area contributed by atoms with E-state index in [0.717, 1.165) is 5.56 Å². The largest absolute Gasteiger partial charge is 0.494 e. The molecule has 0 spiro atoms. The first-order chi connectivity index (χ1) is 16.4. The van der Waals surface area contributed by atoms with E-state index in [-0.39, 0.29) is 18.3 Å². The summed E-state index contributed by atoms with van der Waals surface area (Å²) < 4.78 is 4.80. The lowest BCUT2D eigenvalue weighted by Gasteiger charge is -2.16. The van der Waals surface area contributed by atoms with Crippen LogP contribution in [0.25, 0.3) is 10.9 Å². The first kappa shape index (κ1) is 22.8. The maximum atomic E-state index is 11.9. The zero-order valence-electron chi connectivity index (χ0n) is 18.8. The van der Waals surface area contributed by atoms with Crippen LogP contribution in [0.5, 0.6) is 5.88 Å². The third-order valence-electron chi connectivity index (χ3n) is 5.51. The number of carbonyl (C=O) groups excluding carboxylic acids is 2. The van der Waals surface area contributed by atoms with Gasteiger partial charge >= 0.3 is 5.97 Å². The number of nitrogens with two attached hydrogens (primary N) is 1. The Bertz CT molecular complexity index is 1380. The van der Waals surface area contributed by atoms with Crippen LogP contribution in [-0.2, 0) is 9.53 Å². The van der Waals surface area contributed by atoms with Gasteiger partial charge in [-0.05, 0) is 36.4 Å². The maximum absolute atomic E-state index is 11.9. The van der Waals surface area contributed by atoms with Crippen molar-refractivity contribution in [3.63, 3.8) is 0 Å². The van der Waals surface area contributed by atoms with Gasteiger partial charge in [-0.15, -0.1) is 0 Å². The van der Waals surface area contributed by atoms with Gasteiger partial charge in [0, 0.05) is 29.2 Å². The molecule has 34 heavy (non-hydrogen) atoms. The van der Waals surface area contributed by atoms with Crippen molar-refractivity contribution in [1.29, 1.82) is 0 Å². The molecule has 1 amide bonds. The molecule has 4 rings (SSSR count). The molecule has 0 aliphatic rings. The number of rotatable bonds is 6. The summed E-state index contributed by atoms with van der Waals surface area (Å²) in [6, 6.07) is 21.7. The van der Waals surface area contributed by atoms with Gasteiger partial charge in [-0.1, -0.05) is 36.4 Å². The molecule has 1 heterocycles. The van der Waals surface area contributed by atoms with E-state index in [4.69, 9.17) is 15.5 Å². The van der Waals surface area contributed by atoms with Crippen LogP contribution in [0.3, 0.4) is 0 Å². The van der Waals surface area contributed by atoms with Gasteiger partial charge in [0.25, 0.3) is 0 Å². The number of benzene rings is 3. The van der Waals surface area contributed by atoms with E-state index in [1.54, 1.807) is 49.5 Å². The Kier molecular flexibility index (Phi) is 6.42. The number of hydrogen-bond donors (Lipinski definition) is 3. The van der Waals surface area contributed by atoms with Gasteiger partial charge in [-0.3, -0.25) is 4.79 Å². The minimum atomic E-state index is -0.465. The van der Waals surface area contributed by atoms with Crippen LogP contribution in [0.4, 0.5) is 11.4 Å². The Labute approximate surface area is 196 Å². The highest BCUT2D eigenvalue weighted by Crippen LogP contribution is 2.32. The molecule has 0 radical (unpaired) electrons. The number of anilines is 1. The minimum absolute atomic E-state index is 0.0653. The number of methoxy groups -OCH3 is 1. The number of ether oxygens (including phenoxy) is 1. The minimum Gasteiger partial charge on any atom is -0.494 e. The predicted molar refractivity (Wildman–Crippen MR) is 132 cm³/mol. The third kappa shape index (κ3) is 4.39. The molecule has 3 aromatic carbocycles. The van der Waals surface area contributed by atoms with E-state index in [1.807, 2.05) is 30.3 Å². The average Bonchev–Trinajstić information content (AvgIpc) is 3.21. The van der Waals surface area contributed by atoms with Gasteiger partial charge < -0.3 is 25.5 Å². The molecule has 4 aromatic rings. The second-order valence-electron chi connectivity index (χ2n) is 7.60. The van der Waals surface area contributed by atoms with Crippen molar-refractivity contribution >= 4 is 39.9 Å². The highest BCUT2D eigenvalue weighted by Gasteiger charge is 2.20. The average molecular weight is 457 g/mol. The van der Waals surface area contributed by atoms with Gasteiger partial charge in [-0.25, -0.2) is 9.79 Å². The first-order valence-electron chi connectivity index (χ1n) is 10.6. The van der Waals surface area contributed by atoms with E-state index < -0.39 is 5.97 Å². The number of hydrogen-bond acceptors (Lipinski definition) is 6. The number of aliphatic imine (C=N–C) groups is 1. The lowest BCUT2D eigenvalue weighted by Crippen LogP contribution is -2.32. The Morgan fingerprint density at radius 3 is 2.38 bits per heavy atom. The normalized spacial score (nSPS) is 11.4. The molecule has 0 fully saturated rings. The van der Waals surface area contributed by atoms with Crippen molar-refractivity contribution in [3.05, 3.63) is 89.5 Å². The number of H-pyrrole nitrogens is 1. The highest BCUT2D eigenvalue weighted by molar-refractivity contribution is 6.22. The summed E-state index contributed by atoms with van der Waals surface area (Å²) in [6.45, 7) is -0.0773. The van der Waals surface area contributed by atoms with E-state index in [2.05, 4.69) is 4.98 Å². The zero-order chi connectivity index (χ0) is 24.2. The summed E-state index contributed by atoms with van der Waals surface area (Å²) in [4.78, 5) is 33.1. The van der Waals surface area contributed by atoms with Crippen molar-refractivity contribution in [2.45, 2.75) is 0 Å². The van der Waals surface area contributed by atoms with E-state index in [1.165, 1.54) is 12.0 Å². The van der Waals surface area contributed by atoms with Crippen molar-refractivity contribution in [2.75, 3.05) is 25.6 Å². The molecule has 8 heteroatoms. The third-order valence-corrected chi connectivity index (χ3v) is 5.51. The number of likely N-dealkylation sites (N-methyl/N-ethyl adjacent to an activating group) is 1. The molecule has 0 aliphatic carbocycles. The molecular weight excluding hydrogens is 432 g/mol. The van der Waals surface area contributed by atoms with E-state index in [9.17, 15) is 14.7 Å². The highest BCUT2D eigenvalue weighted by atomic mass is 16.5. The van der Waals surface area contributed by atoms with Crippen LogP contribution in [0.15, 0.2) is 77.8 Å².